The molecule has 0 aromatic heterocycles. The zero-order chi connectivity index (χ0) is 15.3. The van der Waals surface area contributed by atoms with E-state index < -0.39 is 36.3 Å². The van der Waals surface area contributed by atoms with Crippen LogP contribution in [0.25, 0.3) is 0 Å². The minimum absolute atomic E-state index is 0.0691. The van der Waals surface area contributed by atoms with E-state index in [4.69, 9.17) is 5.11 Å². The molecule has 0 unspecified atom stereocenters. The van der Waals surface area contributed by atoms with Crippen LogP contribution in [0.3, 0.4) is 0 Å². The van der Waals surface area contributed by atoms with Crippen molar-refractivity contribution in [2.45, 2.75) is 12.2 Å². The lowest BCUT2D eigenvalue weighted by Crippen LogP contribution is -2.44. The Morgan fingerprint density at radius 1 is 1.30 bits per heavy atom. The average Bonchev–Trinajstić information content (AvgIpc) is 2.42. The van der Waals surface area contributed by atoms with E-state index in [1.54, 1.807) is 0 Å². The summed E-state index contributed by atoms with van der Waals surface area (Å²) < 4.78 is 41.4. The van der Waals surface area contributed by atoms with Crippen LogP contribution in [-0.2, 0) is 15.7 Å². The van der Waals surface area contributed by atoms with Gasteiger partial charge in [0.1, 0.15) is 0 Å². The number of halogens is 3. The van der Waals surface area contributed by atoms with Crippen molar-refractivity contribution in [3.8, 4) is 0 Å². The van der Waals surface area contributed by atoms with E-state index in [1.165, 1.54) is 0 Å². The third kappa shape index (κ3) is 3.95. The average molecular weight is 291 g/mol. The Balaban J connectivity index is 2.80. The minimum atomic E-state index is -4.49. The first-order valence-corrected chi connectivity index (χ1v) is 5.46. The first kappa shape index (κ1) is 16.0. The van der Waals surface area contributed by atoms with Crippen molar-refractivity contribution in [3.63, 3.8) is 0 Å². The van der Waals surface area contributed by atoms with Crippen LogP contribution in [0.4, 0.5) is 13.2 Å². The largest absolute Gasteiger partial charge is 0.467 e. The van der Waals surface area contributed by atoms with Crippen molar-refractivity contribution in [2.24, 2.45) is 0 Å². The summed E-state index contributed by atoms with van der Waals surface area (Å²) in [6, 6.07) is 2.19. The molecule has 0 aliphatic rings. The maximum atomic E-state index is 12.3. The van der Waals surface area contributed by atoms with Crippen LogP contribution in [-0.4, -0.2) is 36.7 Å². The van der Waals surface area contributed by atoms with Gasteiger partial charge in [-0.25, -0.2) is 4.79 Å². The van der Waals surface area contributed by atoms with Gasteiger partial charge in [-0.15, -0.1) is 0 Å². The molecule has 1 aromatic rings. The van der Waals surface area contributed by atoms with E-state index in [1.807, 2.05) is 0 Å². The summed E-state index contributed by atoms with van der Waals surface area (Å²) in [6.07, 6.45) is -4.49. The van der Waals surface area contributed by atoms with Crippen LogP contribution >= 0.6 is 0 Å². The second kappa shape index (κ2) is 6.38. The minimum Gasteiger partial charge on any atom is -0.467 e. The Hall–Kier alpha value is -2.09. The van der Waals surface area contributed by atoms with Crippen LogP contribution in [0.15, 0.2) is 24.3 Å². The Labute approximate surface area is 112 Å². The van der Waals surface area contributed by atoms with E-state index in [0.29, 0.717) is 0 Å². The molecule has 0 bridgehead atoms. The molecule has 0 radical (unpaired) electrons. The number of amides is 1. The van der Waals surface area contributed by atoms with Gasteiger partial charge >= 0.3 is 12.1 Å². The Morgan fingerprint density at radius 2 is 1.85 bits per heavy atom. The van der Waals surface area contributed by atoms with Crippen LogP contribution in [0, 0.1) is 0 Å². The Morgan fingerprint density at radius 3 is 2.25 bits per heavy atom. The molecule has 1 rings (SSSR count). The number of rotatable bonds is 4. The van der Waals surface area contributed by atoms with Gasteiger partial charge < -0.3 is 15.2 Å². The molecule has 20 heavy (non-hydrogen) atoms. The molecule has 0 heterocycles. The summed E-state index contributed by atoms with van der Waals surface area (Å²) in [5.41, 5.74) is -0.957. The second-order valence-corrected chi connectivity index (χ2v) is 3.81. The predicted octanol–water partition coefficient (Wildman–Crippen LogP) is 0.969. The number of nitrogens with one attached hydrogen (secondary N) is 1. The monoisotopic (exact) mass is 291 g/mol. The topological polar surface area (TPSA) is 75.6 Å². The highest BCUT2D eigenvalue weighted by molar-refractivity contribution is 5.96. The summed E-state index contributed by atoms with van der Waals surface area (Å²) in [7, 11) is 1.08. The summed E-state index contributed by atoms with van der Waals surface area (Å²) in [4.78, 5) is 22.8. The molecule has 0 saturated carbocycles. The third-order valence-electron chi connectivity index (χ3n) is 2.45. The molecule has 0 fully saturated rings. The molecule has 8 heteroatoms. The second-order valence-electron chi connectivity index (χ2n) is 3.81. The Bertz CT molecular complexity index is 484. The van der Waals surface area contributed by atoms with Gasteiger partial charge in [-0.05, 0) is 24.3 Å². The fraction of sp³-hybridized carbons (Fsp3) is 0.333. The number of aliphatic hydroxyl groups is 1. The van der Waals surface area contributed by atoms with Crippen LogP contribution in [0.1, 0.15) is 15.9 Å². The Kier molecular flexibility index (Phi) is 5.09. The summed E-state index contributed by atoms with van der Waals surface area (Å²) in [6.45, 7) is -0.681. The molecule has 0 saturated heterocycles. The quantitative estimate of drug-likeness (QED) is 0.811. The number of alkyl halides is 3. The normalized spacial score (nSPS) is 12.7. The number of esters is 1. The SMILES string of the molecule is COC(=O)[C@H](CO)NC(=O)c1ccc(C(F)(F)F)cc1. The van der Waals surface area contributed by atoms with E-state index >= 15 is 0 Å². The van der Waals surface area contributed by atoms with Crippen molar-refractivity contribution in [1.82, 2.24) is 5.32 Å². The van der Waals surface area contributed by atoms with Crippen molar-refractivity contribution in [1.29, 1.82) is 0 Å². The van der Waals surface area contributed by atoms with Gasteiger partial charge in [0.25, 0.3) is 5.91 Å². The van der Waals surface area contributed by atoms with Gasteiger partial charge in [-0.2, -0.15) is 13.2 Å². The molecule has 0 aliphatic heterocycles. The highest BCUT2D eigenvalue weighted by atomic mass is 19.4. The predicted molar refractivity (Wildman–Crippen MR) is 61.8 cm³/mol. The fourth-order valence-electron chi connectivity index (χ4n) is 1.37. The maximum absolute atomic E-state index is 12.3. The lowest BCUT2D eigenvalue weighted by atomic mass is 10.1. The number of hydrogen-bond donors (Lipinski definition) is 2. The fourth-order valence-corrected chi connectivity index (χ4v) is 1.37. The van der Waals surface area contributed by atoms with Crippen molar-refractivity contribution in [3.05, 3.63) is 35.4 Å². The van der Waals surface area contributed by atoms with Gasteiger partial charge in [0.05, 0.1) is 19.3 Å². The number of benzene rings is 1. The number of aliphatic hydroxyl groups excluding tert-OH is 1. The maximum Gasteiger partial charge on any atom is 0.416 e. The first-order chi connectivity index (χ1) is 9.29. The van der Waals surface area contributed by atoms with E-state index in [9.17, 15) is 22.8 Å². The molecule has 1 atom stereocenters. The van der Waals surface area contributed by atoms with Crippen LogP contribution < -0.4 is 5.32 Å². The third-order valence-corrected chi connectivity index (χ3v) is 2.45. The standard InChI is InChI=1S/C12H12F3NO4/c1-20-11(19)9(6-17)16-10(18)7-2-4-8(5-3-7)12(13,14)15/h2-5,9,17H,6H2,1H3,(H,16,18)/t9-/m0/s1. The number of carbonyl (C=O) groups is 2. The van der Waals surface area contributed by atoms with Crippen LogP contribution in [0.2, 0.25) is 0 Å². The smallest absolute Gasteiger partial charge is 0.416 e. The van der Waals surface area contributed by atoms with Gasteiger partial charge in [0.15, 0.2) is 6.04 Å². The van der Waals surface area contributed by atoms with Crippen molar-refractivity contribution >= 4 is 11.9 Å². The molecule has 2 N–H and O–H groups in total. The molecule has 110 valence electrons. The van der Waals surface area contributed by atoms with Crippen LogP contribution in [0.5, 0.6) is 0 Å². The zero-order valence-corrected chi connectivity index (χ0v) is 10.4. The van der Waals surface area contributed by atoms with Gasteiger partial charge in [0, 0.05) is 5.56 Å². The molecule has 5 nitrogen and oxygen atoms in total. The lowest BCUT2D eigenvalue weighted by molar-refractivity contribution is -0.143. The van der Waals surface area contributed by atoms with Gasteiger partial charge in [-0.3, -0.25) is 4.79 Å². The van der Waals surface area contributed by atoms with E-state index in [2.05, 4.69) is 10.1 Å². The summed E-state index contributed by atoms with van der Waals surface area (Å²) >= 11 is 0. The van der Waals surface area contributed by atoms with Crippen molar-refractivity contribution < 1.29 is 32.6 Å². The highest BCUT2D eigenvalue weighted by Crippen LogP contribution is 2.29. The van der Waals surface area contributed by atoms with Gasteiger partial charge in [0.2, 0.25) is 0 Å². The summed E-state index contributed by atoms with van der Waals surface area (Å²) in [5, 5.41) is 11.1. The number of methoxy groups -OCH3 is 1. The molecule has 0 spiro atoms. The van der Waals surface area contributed by atoms with Crippen molar-refractivity contribution in [2.75, 3.05) is 13.7 Å². The molecular formula is C12H12F3NO4. The lowest BCUT2D eigenvalue weighted by Gasteiger charge is -2.14. The number of ether oxygens (including phenoxy) is 1. The number of hydrogen-bond acceptors (Lipinski definition) is 4. The number of carbonyl (C=O) groups excluding carboxylic acids is 2. The molecular weight excluding hydrogens is 279 g/mol. The highest BCUT2D eigenvalue weighted by Gasteiger charge is 2.30. The van der Waals surface area contributed by atoms with E-state index in [-0.39, 0.29) is 5.56 Å². The van der Waals surface area contributed by atoms with E-state index in [0.717, 1.165) is 31.4 Å². The molecule has 1 amide bonds. The summed E-state index contributed by atoms with van der Waals surface area (Å²) in [5.74, 6) is -1.64. The first-order valence-electron chi connectivity index (χ1n) is 5.46. The molecule has 1 aromatic carbocycles. The zero-order valence-electron chi connectivity index (χ0n) is 10.4. The van der Waals surface area contributed by atoms with Gasteiger partial charge in [-0.1, -0.05) is 0 Å². The molecule has 0 aliphatic carbocycles.